The van der Waals surface area contributed by atoms with E-state index in [-0.39, 0.29) is 11.9 Å². The van der Waals surface area contributed by atoms with E-state index in [9.17, 15) is 9.59 Å². The van der Waals surface area contributed by atoms with Gasteiger partial charge in [-0.2, -0.15) is 0 Å². The predicted molar refractivity (Wildman–Crippen MR) is 77.0 cm³/mol. The normalized spacial score (nSPS) is 15.6. The molecule has 0 saturated heterocycles. The number of carbonyl (C=O) groups excluding carboxylic acids is 1. The van der Waals surface area contributed by atoms with E-state index in [1.54, 1.807) is 7.05 Å². The summed E-state index contributed by atoms with van der Waals surface area (Å²) in [5, 5.41) is 11.7. The lowest BCUT2D eigenvalue weighted by atomic mass is 10.1. The molecule has 1 aliphatic rings. The van der Waals surface area contributed by atoms with Crippen molar-refractivity contribution < 1.29 is 14.7 Å². The van der Waals surface area contributed by atoms with Gasteiger partial charge >= 0.3 is 12.0 Å². The maximum atomic E-state index is 12.2. The van der Waals surface area contributed by atoms with Crippen molar-refractivity contribution in [2.24, 2.45) is 5.92 Å². The first-order valence-electron chi connectivity index (χ1n) is 6.74. The Morgan fingerprint density at radius 2 is 1.80 bits per heavy atom. The first kappa shape index (κ1) is 14.4. The van der Waals surface area contributed by atoms with Crippen LogP contribution >= 0.6 is 0 Å². The number of carbonyl (C=O) groups is 2. The van der Waals surface area contributed by atoms with Gasteiger partial charge in [0.25, 0.3) is 0 Å². The summed E-state index contributed by atoms with van der Waals surface area (Å²) in [6.07, 6.45) is 1.73. The number of aryl methyl sites for hydroxylation is 2. The maximum Gasteiger partial charge on any atom is 0.326 e. The number of amides is 2. The molecule has 0 heterocycles. The van der Waals surface area contributed by atoms with Gasteiger partial charge in [-0.3, -0.25) is 4.90 Å². The number of nitrogens with zero attached hydrogens (tertiary/aromatic N) is 1. The number of rotatable bonds is 4. The smallest absolute Gasteiger partial charge is 0.326 e. The highest BCUT2D eigenvalue weighted by atomic mass is 16.4. The zero-order chi connectivity index (χ0) is 14.9. The summed E-state index contributed by atoms with van der Waals surface area (Å²) >= 11 is 0. The van der Waals surface area contributed by atoms with Crippen molar-refractivity contribution in [3.8, 4) is 0 Å². The third-order valence-corrected chi connectivity index (χ3v) is 3.54. The van der Waals surface area contributed by atoms with Crippen molar-refractivity contribution in [2.75, 3.05) is 11.9 Å². The number of hydrogen-bond donors (Lipinski definition) is 2. The minimum atomic E-state index is -0.963. The predicted octanol–water partition coefficient (Wildman–Crippen LogP) is 2.31. The number of nitrogens with one attached hydrogen (secondary N) is 1. The second-order valence-electron chi connectivity index (χ2n) is 5.51. The molecule has 2 rings (SSSR count). The van der Waals surface area contributed by atoms with Gasteiger partial charge in [-0.1, -0.05) is 6.07 Å². The summed E-state index contributed by atoms with van der Waals surface area (Å²) in [6.45, 7) is 3.93. The molecule has 0 aromatic heterocycles. The molecule has 1 saturated carbocycles. The molecule has 1 atom stereocenters. The van der Waals surface area contributed by atoms with Gasteiger partial charge in [0.15, 0.2) is 0 Å². The fraction of sp³-hybridized carbons (Fsp3) is 0.467. The molecule has 2 N–H and O–H groups in total. The molecule has 1 aliphatic carbocycles. The van der Waals surface area contributed by atoms with E-state index in [4.69, 9.17) is 5.11 Å². The van der Waals surface area contributed by atoms with Crippen LogP contribution in [0.15, 0.2) is 18.2 Å². The molecule has 20 heavy (non-hydrogen) atoms. The first-order valence-corrected chi connectivity index (χ1v) is 6.74. The molecule has 0 radical (unpaired) electrons. The summed E-state index contributed by atoms with van der Waals surface area (Å²) in [4.78, 5) is 24.8. The molecule has 1 aromatic rings. The average molecular weight is 276 g/mol. The highest BCUT2D eigenvalue weighted by Crippen LogP contribution is 2.33. The fourth-order valence-electron chi connectivity index (χ4n) is 2.30. The number of aliphatic carboxylic acids is 1. The van der Waals surface area contributed by atoms with Gasteiger partial charge in [-0.15, -0.1) is 0 Å². The van der Waals surface area contributed by atoms with Crippen molar-refractivity contribution in [3.05, 3.63) is 29.3 Å². The number of benzene rings is 1. The van der Waals surface area contributed by atoms with Crippen LogP contribution in [0.1, 0.15) is 24.0 Å². The lowest BCUT2D eigenvalue weighted by Gasteiger charge is -2.22. The van der Waals surface area contributed by atoms with Gasteiger partial charge in [0.05, 0.1) is 0 Å². The highest BCUT2D eigenvalue weighted by molar-refractivity contribution is 5.94. The Hall–Kier alpha value is -2.04. The SMILES string of the molecule is Cc1cc(C)cc(N(C)C(=O)NC(C(=O)O)C2CC2)c1. The molecular weight excluding hydrogens is 256 g/mol. The van der Waals surface area contributed by atoms with E-state index < -0.39 is 12.0 Å². The van der Waals surface area contributed by atoms with Crippen LogP contribution in [0.25, 0.3) is 0 Å². The summed E-state index contributed by atoms with van der Waals surface area (Å²) in [5.41, 5.74) is 2.90. The monoisotopic (exact) mass is 276 g/mol. The van der Waals surface area contributed by atoms with Gasteiger partial charge in [-0.25, -0.2) is 9.59 Å². The van der Waals surface area contributed by atoms with Gasteiger partial charge in [-0.05, 0) is 55.9 Å². The van der Waals surface area contributed by atoms with E-state index in [1.807, 2.05) is 32.0 Å². The lowest BCUT2D eigenvalue weighted by Crippen LogP contribution is -2.48. The van der Waals surface area contributed by atoms with Gasteiger partial charge in [0.1, 0.15) is 6.04 Å². The van der Waals surface area contributed by atoms with Crippen LogP contribution in [0.5, 0.6) is 0 Å². The molecule has 0 aliphatic heterocycles. The molecule has 1 fully saturated rings. The van der Waals surface area contributed by atoms with Crippen LogP contribution in [-0.4, -0.2) is 30.2 Å². The standard InChI is InChI=1S/C15H20N2O3/c1-9-6-10(2)8-12(7-9)17(3)15(20)16-13(14(18)19)11-4-5-11/h6-8,11,13H,4-5H2,1-3H3,(H,16,20)(H,18,19). The Morgan fingerprint density at radius 3 is 2.25 bits per heavy atom. The second-order valence-corrected chi connectivity index (χ2v) is 5.51. The zero-order valence-corrected chi connectivity index (χ0v) is 12.0. The number of carboxylic acid groups (broad SMARTS) is 1. The highest BCUT2D eigenvalue weighted by Gasteiger charge is 2.37. The van der Waals surface area contributed by atoms with Gasteiger partial charge in [0, 0.05) is 12.7 Å². The summed E-state index contributed by atoms with van der Waals surface area (Å²) in [5.74, 6) is -0.890. The van der Waals surface area contributed by atoms with Crippen molar-refractivity contribution >= 4 is 17.7 Å². The van der Waals surface area contributed by atoms with Crippen LogP contribution in [0, 0.1) is 19.8 Å². The second kappa shape index (κ2) is 5.53. The van der Waals surface area contributed by atoms with Crippen LogP contribution < -0.4 is 10.2 Å². The van der Waals surface area contributed by atoms with Crippen LogP contribution in [0.4, 0.5) is 10.5 Å². The average Bonchev–Trinajstić information content (AvgIpc) is 3.17. The Balaban J connectivity index is 2.09. The quantitative estimate of drug-likeness (QED) is 0.886. The zero-order valence-electron chi connectivity index (χ0n) is 12.0. The Kier molecular flexibility index (Phi) is 3.97. The van der Waals surface area contributed by atoms with Crippen LogP contribution in [0.2, 0.25) is 0 Å². The minimum Gasteiger partial charge on any atom is -0.480 e. The van der Waals surface area contributed by atoms with E-state index >= 15 is 0 Å². The number of hydrogen-bond acceptors (Lipinski definition) is 2. The van der Waals surface area contributed by atoms with Crippen molar-refractivity contribution in [1.29, 1.82) is 0 Å². The molecule has 5 heteroatoms. The Labute approximate surface area is 118 Å². The van der Waals surface area contributed by atoms with Crippen molar-refractivity contribution in [2.45, 2.75) is 32.7 Å². The number of carboxylic acids is 1. The van der Waals surface area contributed by atoms with E-state index in [2.05, 4.69) is 5.32 Å². The largest absolute Gasteiger partial charge is 0.480 e. The number of urea groups is 1. The molecule has 5 nitrogen and oxygen atoms in total. The van der Waals surface area contributed by atoms with Gasteiger partial charge in [0.2, 0.25) is 0 Å². The molecule has 0 spiro atoms. The first-order chi connectivity index (χ1) is 9.38. The summed E-state index contributed by atoms with van der Waals surface area (Å²) in [6, 6.07) is 4.67. The Bertz CT molecular complexity index is 518. The van der Waals surface area contributed by atoms with E-state index in [0.717, 1.165) is 29.7 Å². The lowest BCUT2D eigenvalue weighted by molar-refractivity contribution is -0.139. The van der Waals surface area contributed by atoms with Crippen LogP contribution in [0.3, 0.4) is 0 Å². The third kappa shape index (κ3) is 3.29. The minimum absolute atomic E-state index is 0.0732. The topological polar surface area (TPSA) is 69.6 Å². The van der Waals surface area contributed by atoms with Crippen molar-refractivity contribution in [3.63, 3.8) is 0 Å². The molecule has 1 unspecified atom stereocenters. The van der Waals surface area contributed by atoms with Crippen molar-refractivity contribution in [1.82, 2.24) is 5.32 Å². The number of anilines is 1. The third-order valence-electron chi connectivity index (χ3n) is 3.54. The summed E-state index contributed by atoms with van der Waals surface area (Å²) < 4.78 is 0. The molecule has 2 amide bonds. The molecular formula is C15H20N2O3. The molecule has 1 aromatic carbocycles. The van der Waals surface area contributed by atoms with Crippen LogP contribution in [-0.2, 0) is 4.79 Å². The maximum absolute atomic E-state index is 12.2. The molecule has 0 bridgehead atoms. The fourth-order valence-corrected chi connectivity index (χ4v) is 2.30. The van der Waals surface area contributed by atoms with E-state index in [1.165, 1.54) is 4.90 Å². The molecule has 108 valence electrons. The van der Waals surface area contributed by atoms with E-state index in [0.29, 0.717) is 0 Å². The Morgan fingerprint density at radius 1 is 1.25 bits per heavy atom. The summed E-state index contributed by atoms with van der Waals surface area (Å²) in [7, 11) is 1.65. The van der Waals surface area contributed by atoms with Gasteiger partial charge < -0.3 is 10.4 Å².